The van der Waals surface area contributed by atoms with Crippen LogP contribution in [0.4, 0.5) is 11.4 Å². The van der Waals surface area contributed by atoms with Gasteiger partial charge in [0.2, 0.25) is 5.91 Å². The summed E-state index contributed by atoms with van der Waals surface area (Å²) in [5, 5.41) is 12.0. The topological polar surface area (TPSA) is 94.4 Å². The van der Waals surface area contributed by atoms with Crippen LogP contribution in [0.5, 0.6) is 0 Å². The lowest BCUT2D eigenvalue weighted by Crippen LogP contribution is -2.43. The molecule has 148 valence electrons. The van der Waals surface area contributed by atoms with Crippen LogP contribution in [0.2, 0.25) is 0 Å². The fraction of sp³-hybridized carbons (Fsp3) is 0.286. The van der Waals surface area contributed by atoms with Gasteiger partial charge in [-0.3, -0.25) is 19.4 Å². The van der Waals surface area contributed by atoms with Crippen molar-refractivity contribution in [1.82, 2.24) is 5.01 Å². The normalized spacial score (nSPS) is 20.4. The molecule has 29 heavy (non-hydrogen) atoms. The van der Waals surface area contributed by atoms with Crippen LogP contribution >= 0.6 is 0 Å². The Labute approximate surface area is 168 Å². The summed E-state index contributed by atoms with van der Waals surface area (Å²) in [5.41, 5.74) is 4.26. The van der Waals surface area contributed by atoms with Gasteiger partial charge in [0, 0.05) is 5.69 Å². The molecule has 2 aliphatic heterocycles. The Morgan fingerprint density at radius 2 is 1.69 bits per heavy atom. The molecule has 2 aromatic carbocycles. The summed E-state index contributed by atoms with van der Waals surface area (Å²) in [6.07, 6.45) is 0. The molecule has 2 aliphatic rings. The molecule has 2 heterocycles. The highest BCUT2D eigenvalue weighted by Crippen LogP contribution is 2.31. The van der Waals surface area contributed by atoms with Crippen LogP contribution < -0.4 is 10.2 Å². The summed E-state index contributed by atoms with van der Waals surface area (Å²) >= 11 is 0. The molecule has 8 nitrogen and oxygen atoms in total. The molecular weight excluding hydrogens is 370 g/mol. The number of nitrogens with zero attached hydrogens (tertiary/aromatic N) is 4. The van der Waals surface area contributed by atoms with E-state index < -0.39 is 23.9 Å². The van der Waals surface area contributed by atoms with Crippen LogP contribution in [0.3, 0.4) is 0 Å². The summed E-state index contributed by atoms with van der Waals surface area (Å²) in [6, 6.07) is 11.0. The Morgan fingerprint density at radius 3 is 2.38 bits per heavy atom. The number of carbonyl (C=O) groups is 3. The highest BCUT2D eigenvalue weighted by Gasteiger charge is 2.55. The number of rotatable bonds is 4. The molecule has 0 spiro atoms. The Kier molecular flexibility index (Phi) is 4.62. The van der Waals surface area contributed by atoms with Gasteiger partial charge in [0.25, 0.3) is 11.8 Å². The molecule has 1 N–H and O–H groups in total. The zero-order valence-corrected chi connectivity index (χ0v) is 16.4. The van der Waals surface area contributed by atoms with Gasteiger partial charge in [0.05, 0.1) is 5.69 Å². The fourth-order valence-electron chi connectivity index (χ4n) is 3.59. The second kappa shape index (κ2) is 7.12. The molecule has 0 bridgehead atoms. The summed E-state index contributed by atoms with van der Waals surface area (Å²) < 4.78 is 0. The third-order valence-electron chi connectivity index (χ3n) is 5.11. The molecule has 0 aromatic heterocycles. The van der Waals surface area contributed by atoms with E-state index in [2.05, 4.69) is 15.7 Å². The van der Waals surface area contributed by atoms with E-state index in [9.17, 15) is 14.4 Å². The minimum Gasteiger partial charge on any atom is -0.324 e. The molecule has 3 amide bonds. The number of anilines is 2. The fourth-order valence-corrected chi connectivity index (χ4v) is 3.59. The molecule has 0 saturated carbocycles. The average molecular weight is 391 g/mol. The van der Waals surface area contributed by atoms with E-state index in [0.29, 0.717) is 11.4 Å². The number of nitrogens with one attached hydrogen (secondary N) is 1. The Morgan fingerprint density at radius 1 is 1.00 bits per heavy atom. The van der Waals surface area contributed by atoms with Gasteiger partial charge in [-0.2, -0.15) is 5.11 Å². The van der Waals surface area contributed by atoms with Gasteiger partial charge >= 0.3 is 0 Å². The van der Waals surface area contributed by atoms with E-state index in [1.165, 1.54) is 5.01 Å². The molecule has 8 heteroatoms. The number of carbonyl (C=O) groups excluding carboxylic acids is 3. The monoisotopic (exact) mass is 391 g/mol. The number of benzene rings is 2. The lowest BCUT2D eigenvalue weighted by Gasteiger charge is -2.20. The van der Waals surface area contributed by atoms with Gasteiger partial charge in [-0.05, 0) is 44.5 Å². The zero-order chi connectivity index (χ0) is 20.7. The molecular formula is C21H21N5O3. The first kappa shape index (κ1) is 18.8. The molecule has 2 atom stereocenters. The van der Waals surface area contributed by atoms with Gasteiger partial charge in [-0.1, -0.05) is 40.6 Å². The van der Waals surface area contributed by atoms with Crippen LogP contribution in [0.15, 0.2) is 52.8 Å². The molecule has 0 unspecified atom stereocenters. The van der Waals surface area contributed by atoms with Crippen LogP contribution in [0.1, 0.15) is 16.7 Å². The van der Waals surface area contributed by atoms with Crippen molar-refractivity contribution in [3.8, 4) is 0 Å². The molecule has 2 aromatic rings. The first-order chi connectivity index (χ1) is 13.8. The van der Waals surface area contributed by atoms with E-state index in [4.69, 9.17) is 0 Å². The van der Waals surface area contributed by atoms with E-state index in [1.807, 2.05) is 51.1 Å². The van der Waals surface area contributed by atoms with E-state index in [-0.39, 0.29) is 12.5 Å². The number of fused-ring (bicyclic) bond motifs is 1. The van der Waals surface area contributed by atoms with Gasteiger partial charge < -0.3 is 5.32 Å². The quantitative estimate of drug-likeness (QED) is 0.811. The number of hydrogen-bond donors (Lipinski definition) is 1. The summed E-state index contributed by atoms with van der Waals surface area (Å²) in [4.78, 5) is 39.3. The van der Waals surface area contributed by atoms with E-state index in [0.717, 1.165) is 21.6 Å². The SMILES string of the molecule is Cc1ccc(N2C(=O)[C@H]3N=NN(CC(=O)Nc4ccc(C)cc4C)[C@@H]3C2=O)cc1. The lowest BCUT2D eigenvalue weighted by atomic mass is 10.1. The Bertz CT molecular complexity index is 1030. The predicted molar refractivity (Wildman–Crippen MR) is 107 cm³/mol. The Hall–Kier alpha value is -3.55. The second-order valence-electron chi connectivity index (χ2n) is 7.41. The highest BCUT2D eigenvalue weighted by atomic mass is 16.2. The first-order valence-corrected chi connectivity index (χ1v) is 9.34. The van der Waals surface area contributed by atoms with E-state index >= 15 is 0 Å². The number of amides is 3. The van der Waals surface area contributed by atoms with Crippen molar-refractivity contribution in [2.45, 2.75) is 32.9 Å². The largest absolute Gasteiger partial charge is 0.324 e. The van der Waals surface area contributed by atoms with Crippen molar-refractivity contribution in [1.29, 1.82) is 0 Å². The standard InChI is InChI=1S/C21H21N5O3/c1-12-4-7-15(8-5-12)26-20(28)18-19(21(26)29)25(24-23-18)11-17(27)22-16-9-6-13(2)10-14(16)3/h4-10,18-19H,11H2,1-3H3,(H,22,27)/t18-,19-/m0/s1. The second-order valence-corrected chi connectivity index (χ2v) is 7.41. The predicted octanol–water partition coefficient (Wildman–Crippen LogP) is 2.54. The number of hydrogen-bond acceptors (Lipinski definition) is 6. The zero-order valence-electron chi connectivity index (χ0n) is 16.4. The summed E-state index contributed by atoms with van der Waals surface area (Å²) in [5.74, 6) is -1.18. The Balaban J connectivity index is 1.49. The molecule has 0 aliphatic carbocycles. The third-order valence-corrected chi connectivity index (χ3v) is 5.11. The number of aryl methyl sites for hydroxylation is 3. The van der Waals surface area contributed by atoms with Gasteiger partial charge in [-0.25, -0.2) is 4.90 Å². The minimum absolute atomic E-state index is 0.168. The van der Waals surface area contributed by atoms with Crippen LogP contribution in [0.25, 0.3) is 0 Å². The molecule has 1 fully saturated rings. The van der Waals surface area contributed by atoms with Crippen LogP contribution in [-0.4, -0.2) is 41.4 Å². The maximum absolute atomic E-state index is 12.9. The smallest absolute Gasteiger partial charge is 0.263 e. The van der Waals surface area contributed by atoms with E-state index in [1.54, 1.807) is 12.1 Å². The van der Waals surface area contributed by atoms with Crippen molar-refractivity contribution in [2.24, 2.45) is 10.3 Å². The highest BCUT2D eigenvalue weighted by molar-refractivity contribution is 6.25. The summed E-state index contributed by atoms with van der Waals surface area (Å²) in [6.45, 7) is 5.65. The number of imide groups is 1. The maximum atomic E-state index is 12.9. The van der Waals surface area contributed by atoms with Gasteiger partial charge in [0.15, 0.2) is 12.1 Å². The van der Waals surface area contributed by atoms with Crippen LogP contribution in [-0.2, 0) is 14.4 Å². The minimum atomic E-state index is -0.919. The maximum Gasteiger partial charge on any atom is 0.263 e. The van der Waals surface area contributed by atoms with Crippen molar-refractivity contribution < 1.29 is 14.4 Å². The molecule has 0 radical (unpaired) electrons. The average Bonchev–Trinajstić information content (AvgIpc) is 3.19. The van der Waals surface area contributed by atoms with Crippen LogP contribution in [0, 0.1) is 20.8 Å². The van der Waals surface area contributed by atoms with Crippen molar-refractivity contribution >= 4 is 29.1 Å². The van der Waals surface area contributed by atoms with Crippen molar-refractivity contribution in [3.63, 3.8) is 0 Å². The summed E-state index contributed by atoms with van der Waals surface area (Å²) in [7, 11) is 0. The van der Waals surface area contributed by atoms with Gasteiger partial charge in [0.1, 0.15) is 6.54 Å². The molecule has 1 saturated heterocycles. The van der Waals surface area contributed by atoms with Gasteiger partial charge in [-0.15, -0.1) is 0 Å². The van der Waals surface area contributed by atoms with Crippen molar-refractivity contribution in [3.05, 3.63) is 59.2 Å². The third kappa shape index (κ3) is 3.37. The van der Waals surface area contributed by atoms with Crippen molar-refractivity contribution in [2.75, 3.05) is 16.8 Å². The lowest BCUT2D eigenvalue weighted by molar-refractivity contribution is -0.123. The molecule has 4 rings (SSSR count). The first-order valence-electron chi connectivity index (χ1n) is 9.34.